The second-order valence-corrected chi connectivity index (χ2v) is 12.4. The van der Waals surface area contributed by atoms with Crippen LogP contribution in [0.25, 0.3) is 0 Å². The van der Waals surface area contributed by atoms with Crippen LogP contribution in [0, 0.1) is 0 Å². The van der Waals surface area contributed by atoms with Crippen molar-refractivity contribution in [1.82, 2.24) is 0 Å². The first-order valence-electron chi connectivity index (χ1n) is 6.81. The van der Waals surface area contributed by atoms with Gasteiger partial charge in [-0.1, -0.05) is 42.8 Å². The molecule has 1 aliphatic heterocycles. The van der Waals surface area contributed by atoms with Gasteiger partial charge in [0.1, 0.15) is 5.75 Å². The molecule has 0 N–H and O–H groups in total. The van der Waals surface area contributed by atoms with Gasteiger partial charge in [-0.3, -0.25) is 0 Å². The van der Waals surface area contributed by atoms with E-state index in [0.29, 0.717) is 0 Å². The molecule has 0 fully saturated rings. The van der Waals surface area contributed by atoms with Crippen LogP contribution < -0.4 is 4.74 Å². The van der Waals surface area contributed by atoms with E-state index in [-0.39, 0.29) is 11.1 Å². The standard InChI is InChI=1S/C15H23BrO2Si/c1-15(2,3)19(4,5)18-13-8-9-17-14-10-11(16)6-7-12(13)14/h6-7,10,13H,8-9H2,1-5H3/t13-/m1/s1. The van der Waals surface area contributed by atoms with Crippen LogP contribution >= 0.6 is 15.9 Å². The molecule has 1 atom stereocenters. The normalized spacial score (nSPS) is 19.8. The largest absolute Gasteiger partial charge is 0.493 e. The average molecular weight is 343 g/mol. The van der Waals surface area contributed by atoms with Crippen LogP contribution in [0.15, 0.2) is 22.7 Å². The van der Waals surface area contributed by atoms with Crippen LogP contribution in [0.4, 0.5) is 0 Å². The zero-order valence-corrected chi connectivity index (χ0v) is 15.0. The lowest BCUT2D eigenvalue weighted by molar-refractivity contribution is 0.122. The van der Waals surface area contributed by atoms with Crippen LogP contribution in [-0.4, -0.2) is 14.9 Å². The maximum Gasteiger partial charge on any atom is 0.192 e. The summed E-state index contributed by atoms with van der Waals surface area (Å²) in [6, 6.07) is 6.22. The summed E-state index contributed by atoms with van der Waals surface area (Å²) in [6.07, 6.45) is 1.12. The molecule has 1 aliphatic rings. The molecule has 4 heteroatoms. The van der Waals surface area contributed by atoms with Crippen LogP contribution in [0.2, 0.25) is 18.1 Å². The number of benzene rings is 1. The van der Waals surface area contributed by atoms with E-state index < -0.39 is 8.32 Å². The molecule has 0 spiro atoms. The number of halogens is 1. The Morgan fingerprint density at radius 2 is 2.00 bits per heavy atom. The summed E-state index contributed by atoms with van der Waals surface area (Å²) < 4.78 is 13.3. The van der Waals surface area contributed by atoms with Crippen molar-refractivity contribution in [1.29, 1.82) is 0 Å². The van der Waals surface area contributed by atoms with Crippen LogP contribution in [0.3, 0.4) is 0 Å². The first-order chi connectivity index (χ1) is 8.71. The zero-order chi connectivity index (χ0) is 14.3. The van der Waals surface area contributed by atoms with E-state index >= 15 is 0 Å². The summed E-state index contributed by atoms with van der Waals surface area (Å²) in [5.41, 5.74) is 1.19. The first-order valence-corrected chi connectivity index (χ1v) is 10.5. The Hall–Kier alpha value is -0.323. The molecule has 2 nitrogen and oxygen atoms in total. The van der Waals surface area contributed by atoms with Gasteiger partial charge in [0.15, 0.2) is 8.32 Å². The van der Waals surface area contributed by atoms with Crippen molar-refractivity contribution < 1.29 is 9.16 Å². The third kappa shape index (κ3) is 3.23. The fourth-order valence-electron chi connectivity index (χ4n) is 1.99. The molecule has 1 aromatic rings. The smallest absolute Gasteiger partial charge is 0.192 e. The predicted molar refractivity (Wildman–Crippen MR) is 85.3 cm³/mol. The molecule has 0 saturated heterocycles. The van der Waals surface area contributed by atoms with E-state index in [9.17, 15) is 0 Å². The fourth-order valence-corrected chi connectivity index (χ4v) is 3.64. The van der Waals surface area contributed by atoms with Crippen molar-refractivity contribution >= 4 is 24.2 Å². The third-order valence-electron chi connectivity index (χ3n) is 4.20. The Balaban J connectivity index is 2.25. The minimum Gasteiger partial charge on any atom is -0.493 e. The quantitative estimate of drug-likeness (QED) is 0.679. The molecule has 0 aliphatic carbocycles. The molecule has 0 amide bonds. The van der Waals surface area contributed by atoms with E-state index in [1.165, 1.54) is 5.56 Å². The van der Waals surface area contributed by atoms with Gasteiger partial charge in [-0.05, 0) is 30.3 Å². The summed E-state index contributed by atoms with van der Waals surface area (Å²) in [4.78, 5) is 0. The van der Waals surface area contributed by atoms with Gasteiger partial charge in [0, 0.05) is 16.5 Å². The van der Waals surface area contributed by atoms with Crippen LogP contribution in [-0.2, 0) is 4.43 Å². The van der Waals surface area contributed by atoms with Crippen LogP contribution in [0.5, 0.6) is 5.75 Å². The molecular weight excluding hydrogens is 320 g/mol. The lowest BCUT2D eigenvalue weighted by Crippen LogP contribution is -2.42. The maximum atomic E-state index is 6.55. The Morgan fingerprint density at radius 1 is 1.32 bits per heavy atom. The zero-order valence-electron chi connectivity index (χ0n) is 12.4. The molecule has 0 bridgehead atoms. The molecule has 2 rings (SSSR count). The average Bonchev–Trinajstić information content (AvgIpc) is 2.26. The number of fused-ring (bicyclic) bond motifs is 1. The molecule has 106 valence electrons. The van der Waals surface area contributed by atoms with Crippen molar-refractivity contribution in [3.63, 3.8) is 0 Å². The van der Waals surface area contributed by atoms with E-state index in [2.05, 4.69) is 61.9 Å². The van der Waals surface area contributed by atoms with Crippen molar-refractivity contribution in [2.45, 2.75) is 51.4 Å². The molecule has 19 heavy (non-hydrogen) atoms. The van der Waals surface area contributed by atoms with Gasteiger partial charge in [-0.15, -0.1) is 0 Å². The van der Waals surface area contributed by atoms with E-state index in [1.807, 2.05) is 6.07 Å². The lowest BCUT2D eigenvalue weighted by Gasteiger charge is -2.40. The summed E-state index contributed by atoms with van der Waals surface area (Å²) in [5.74, 6) is 0.962. The molecule has 0 aromatic heterocycles. The van der Waals surface area contributed by atoms with Gasteiger partial charge in [0.05, 0.1) is 12.7 Å². The minimum atomic E-state index is -1.74. The SMILES string of the molecule is CC(C)(C)[Si](C)(C)O[C@@H]1CCOc2cc(Br)ccc21. The van der Waals surface area contributed by atoms with Gasteiger partial charge in [-0.25, -0.2) is 0 Å². The number of hydrogen-bond donors (Lipinski definition) is 0. The summed E-state index contributed by atoms with van der Waals surface area (Å²) in [6.45, 7) is 12.2. The monoisotopic (exact) mass is 342 g/mol. The highest BCUT2D eigenvalue weighted by Crippen LogP contribution is 2.43. The number of ether oxygens (including phenoxy) is 1. The van der Waals surface area contributed by atoms with Gasteiger partial charge < -0.3 is 9.16 Å². The fraction of sp³-hybridized carbons (Fsp3) is 0.600. The predicted octanol–water partition coefficient (Wildman–Crippen LogP) is 5.29. The van der Waals surface area contributed by atoms with Gasteiger partial charge in [0.25, 0.3) is 0 Å². The molecular formula is C15H23BrO2Si. The highest BCUT2D eigenvalue weighted by molar-refractivity contribution is 9.10. The minimum absolute atomic E-state index is 0.178. The van der Waals surface area contributed by atoms with E-state index in [1.54, 1.807) is 0 Å². The van der Waals surface area contributed by atoms with Crippen molar-refractivity contribution in [3.8, 4) is 5.75 Å². The Labute approximate surface area is 125 Å². The topological polar surface area (TPSA) is 18.5 Å². The molecule has 0 saturated carbocycles. The van der Waals surface area contributed by atoms with Crippen molar-refractivity contribution in [2.24, 2.45) is 0 Å². The molecule has 0 radical (unpaired) electrons. The van der Waals surface area contributed by atoms with E-state index in [0.717, 1.165) is 23.2 Å². The van der Waals surface area contributed by atoms with Crippen molar-refractivity contribution in [3.05, 3.63) is 28.2 Å². The van der Waals surface area contributed by atoms with Crippen LogP contribution in [0.1, 0.15) is 38.9 Å². The first kappa shape index (κ1) is 15.1. The highest BCUT2D eigenvalue weighted by Gasteiger charge is 2.40. The summed E-state index contributed by atoms with van der Waals surface area (Å²) >= 11 is 3.49. The molecule has 1 heterocycles. The molecule has 1 aromatic carbocycles. The Bertz CT molecular complexity index is 466. The van der Waals surface area contributed by atoms with Crippen molar-refractivity contribution in [2.75, 3.05) is 6.61 Å². The van der Waals surface area contributed by atoms with Gasteiger partial charge in [0.2, 0.25) is 0 Å². The number of hydrogen-bond acceptors (Lipinski definition) is 2. The third-order valence-corrected chi connectivity index (χ3v) is 9.18. The van der Waals surface area contributed by atoms with Gasteiger partial charge >= 0.3 is 0 Å². The highest BCUT2D eigenvalue weighted by atomic mass is 79.9. The molecule has 0 unspecified atom stereocenters. The Morgan fingerprint density at radius 3 is 2.63 bits per heavy atom. The second kappa shape index (κ2) is 5.22. The second-order valence-electron chi connectivity index (χ2n) is 6.69. The van der Waals surface area contributed by atoms with E-state index in [4.69, 9.17) is 9.16 Å². The Kier molecular flexibility index (Phi) is 4.14. The summed E-state index contributed by atoms with van der Waals surface area (Å²) in [5, 5.41) is 0.237. The van der Waals surface area contributed by atoms with Gasteiger partial charge in [-0.2, -0.15) is 0 Å². The number of rotatable bonds is 2. The lowest BCUT2D eigenvalue weighted by atomic mass is 10.0. The maximum absolute atomic E-state index is 6.55. The summed E-state index contributed by atoms with van der Waals surface area (Å²) in [7, 11) is -1.74.